The van der Waals surface area contributed by atoms with Crippen molar-refractivity contribution in [2.24, 2.45) is 5.92 Å². The summed E-state index contributed by atoms with van der Waals surface area (Å²) in [6, 6.07) is 6.21. The van der Waals surface area contributed by atoms with Crippen LogP contribution in [0.3, 0.4) is 0 Å². The minimum Gasteiger partial charge on any atom is -0.492 e. The fourth-order valence-electron chi connectivity index (χ4n) is 1.92. The summed E-state index contributed by atoms with van der Waals surface area (Å²) in [5.41, 5.74) is 1.22. The third-order valence-electron chi connectivity index (χ3n) is 2.91. The first-order valence-corrected chi connectivity index (χ1v) is 7.59. The highest BCUT2D eigenvalue weighted by Gasteiger charge is 2.09. The van der Waals surface area contributed by atoms with Crippen LogP contribution in [0, 0.1) is 5.92 Å². The van der Waals surface area contributed by atoms with E-state index in [1.807, 2.05) is 6.07 Å². The molecule has 0 saturated heterocycles. The Kier molecular flexibility index (Phi) is 7.36. The van der Waals surface area contributed by atoms with Crippen molar-refractivity contribution in [2.75, 3.05) is 13.2 Å². The van der Waals surface area contributed by atoms with Gasteiger partial charge in [-0.1, -0.05) is 39.3 Å². The summed E-state index contributed by atoms with van der Waals surface area (Å²) in [6.07, 6.45) is 2.43. The Labute approximate surface area is 119 Å². The third-order valence-corrected chi connectivity index (χ3v) is 3.53. The Balaban J connectivity index is 2.66. The second-order valence-electron chi connectivity index (χ2n) is 4.71. The van der Waals surface area contributed by atoms with Crippen molar-refractivity contribution in [1.29, 1.82) is 0 Å². The van der Waals surface area contributed by atoms with E-state index in [9.17, 15) is 0 Å². The molecule has 1 unspecified atom stereocenters. The van der Waals surface area contributed by atoms with Crippen LogP contribution in [0.5, 0.6) is 5.75 Å². The molecule has 0 saturated carbocycles. The molecule has 1 rings (SSSR count). The number of halogens is 1. The summed E-state index contributed by atoms with van der Waals surface area (Å²) >= 11 is 3.58. The normalized spacial score (nSPS) is 12.4. The molecule has 0 fully saturated rings. The van der Waals surface area contributed by atoms with Gasteiger partial charge in [-0.25, -0.2) is 0 Å². The average Bonchev–Trinajstić information content (AvgIpc) is 2.35. The van der Waals surface area contributed by atoms with Crippen molar-refractivity contribution < 1.29 is 4.74 Å². The van der Waals surface area contributed by atoms with Gasteiger partial charge in [0.05, 0.1) is 11.1 Å². The van der Waals surface area contributed by atoms with E-state index < -0.39 is 0 Å². The molecule has 0 aliphatic rings. The minimum absolute atomic E-state index is 0.606. The lowest BCUT2D eigenvalue weighted by Gasteiger charge is -2.16. The molecule has 0 amide bonds. The quantitative estimate of drug-likeness (QED) is 0.769. The average molecular weight is 314 g/mol. The number of hydrogen-bond acceptors (Lipinski definition) is 2. The maximum Gasteiger partial charge on any atom is 0.137 e. The zero-order valence-electron chi connectivity index (χ0n) is 11.6. The van der Waals surface area contributed by atoms with Crippen molar-refractivity contribution in [2.45, 2.75) is 40.2 Å². The Bertz CT molecular complexity index is 354. The highest BCUT2D eigenvalue weighted by Crippen LogP contribution is 2.29. The maximum absolute atomic E-state index is 5.99. The fourth-order valence-corrected chi connectivity index (χ4v) is 2.44. The van der Waals surface area contributed by atoms with E-state index in [2.05, 4.69) is 54.2 Å². The van der Waals surface area contributed by atoms with Gasteiger partial charge in [0.25, 0.3) is 0 Å². The Morgan fingerprint density at radius 3 is 2.78 bits per heavy atom. The zero-order chi connectivity index (χ0) is 13.4. The van der Waals surface area contributed by atoms with E-state index in [-0.39, 0.29) is 0 Å². The highest BCUT2D eigenvalue weighted by atomic mass is 79.9. The van der Waals surface area contributed by atoms with Crippen LogP contribution in [0.2, 0.25) is 0 Å². The number of ether oxygens (including phenoxy) is 1. The molecule has 1 aromatic carbocycles. The Morgan fingerprint density at radius 1 is 1.33 bits per heavy atom. The first kappa shape index (κ1) is 15.5. The van der Waals surface area contributed by atoms with Crippen LogP contribution in [0.15, 0.2) is 22.7 Å². The van der Waals surface area contributed by atoms with Gasteiger partial charge in [-0.2, -0.15) is 0 Å². The summed E-state index contributed by atoms with van der Waals surface area (Å²) < 4.78 is 7.04. The molecule has 2 nitrogen and oxygen atoms in total. The molecule has 0 spiro atoms. The summed E-state index contributed by atoms with van der Waals surface area (Å²) in [5.74, 6) is 1.59. The van der Waals surface area contributed by atoms with Crippen LogP contribution in [-0.2, 0) is 6.54 Å². The number of para-hydroxylation sites is 1. The van der Waals surface area contributed by atoms with Crippen LogP contribution in [0.25, 0.3) is 0 Å². The van der Waals surface area contributed by atoms with Gasteiger partial charge in [-0.05, 0) is 40.9 Å². The molecular weight excluding hydrogens is 290 g/mol. The minimum atomic E-state index is 0.606. The van der Waals surface area contributed by atoms with Crippen LogP contribution >= 0.6 is 15.9 Å². The summed E-state index contributed by atoms with van der Waals surface area (Å²) in [7, 11) is 0. The van der Waals surface area contributed by atoms with Crippen molar-refractivity contribution in [1.82, 2.24) is 5.32 Å². The lowest BCUT2D eigenvalue weighted by Crippen LogP contribution is -2.15. The molecule has 102 valence electrons. The number of benzene rings is 1. The lowest BCUT2D eigenvalue weighted by atomic mass is 10.1. The maximum atomic E-state index is 5.99. The molecule has 3 heteroatoms. The zero-order valence-corrected chi connectivity index (χ0v) is 13.2. The molecule has 1 N–H and O–H groups in total. The van der Waals surface area contributed by atoms with Gasteiger partial charge >= 0.3 is 0 Å². The topological polar surface area (TPSA) is 21.3 Å². The van der Waals surface area contributed by atoms with Gasteiger partial charge in [0.2, 0.25) is 0 Å². The predicted octanol–water partition coefficient (Wildman–Crippen LogP) is 4.37. The second-order valence-corrected chi connectivity index (χ2v) is 5.57. The fraction of sp³-hybridized carbons (Fsp3) is 0.600. The molecule has 0 aliphatic heterocycles. The standard InChI is InChI=1S/C15H24BrNO/c1-4-7-12(3)11-18-15-13(10-17-5-2)8-6-9-14(15)16/h6,8-9,12,17H,4-5,7,10-11H2,1-3H3. The Hall–Kier alpha value is -0.540. The predicted molar refractivity (Wildman–Crippen MR) is 81.1 cm³/mol. The van der Waals surface area contributed by atoms with Crippen molar-refractivity contribution in [3.63, 3.8) is 0 Å². The second kappa shape index (κ2) is 8.54. The lowest BCUT2D eigenvalue weighted by molar-refractivity contribution is 0.247. The van der Waals surface area contributed by atoms with Gasteiger partial charge in [0.1, 0.15) is 5.75 Å². The van der Waals surface area contributed by atoms with E-state index in [1.165, 1.54) is 18.4 Å². The van der Waals surface area contributed by atoms with Crippen LogP contribution in [0.1, 0.15) is 39.2 Å². The SMILES string of the molecule is CCCC(C)COc1c(Br)cccc1CNCC. The number of rotatable bonds is 8. The molecule has 0 aliphatic carbocycles. The van der Waals surface area contributed by atoms with E-state index in [1.54, 1.807) is 0 Å². The summed E-state index contributed by atoms with van der Waals surface area (Å²) in [5, 5.41) is 3.34. The smallest absolute Gasteiger partial charge is 0.137 e. The van der Waals surface area contributed by atoms with Gasteiger partial charge in [-0.3, -0.25) is 0 Å². The Morgan fingerprint density at radius 2 is 2.11 bits per heavy atom. The molecular formula is C15H24BrNO. The molecule has 1 aromatic rings. The first-order valence-electron chi connectivity index (χ1n) is 6.79. The van der Waals surface area contributed by atoms with E-state index in [0.717, 1.165) is 29.9 Å². The van der Waals surface area contributed by atoms with E-state index in [0.29, 0.717) is 5.92 Å². The van der Waals surface area contributed by atoms with Gasteiger partial charge in [0, 0.05) is 12.1 Å². The molecule has 0 aromatic heterocycles. The number of hydrogen-bond donors (Lipinski definition) is 1. The number of nitrogens with one attached hydrogen (secondary N) is 1. The third kappa shape index (κ3) is 4.99. The molecule has 0 heterocycles. The molecule has 18 heavy (non-hydrogen) atoms. The van der Waals surface area contributed by atoms with Crippen LogP contribution in [-0.4, -0.2) is 13.2 Å². The summed E-state index contributed by atoms with van der Waals surface area (Å²) in [4.78, 5) is 0. The molecule has 0 radical (unpaired) electrons. The highest BCUT2D eigenvalue weighted by molar-refractivity contribution is 9.10. The van der Waals surface area contributed by atoms with Gasteiger partial charge < -0.3 is 10.1 Å². The van der Waals surface area contributed by atoms with Gasteiger partial charge in [-0.15, -0.1) is 0 Å². The molecule has 1 atom stereocenters. The monoisotopic (exact) mass is 313 g/mol. The van der Waals surface area contributed by atoms with E-state index in [4.69, 9.17) is 4.74 Å². The molecule has 0 bridgehead atoms. The van der Waals surface area contributed by atoms with Gasteiger partial charge in [0.15, 0.2) is 0 Å². The van der Waals surface area contributed by atoms with Crippen molar-refractivity contribution in [3.8, 4) is 5.75 Å². The van der Waals surface area contributed by atoms with Crippen molar-refractivity contribution >= 4 is 15.9 Å². The largest absolute Gasteiger partial charge is 0.492 e. The van der Waals surface area contributed by atoms with Crippen LogP contribution in [0.4, 0.5) is 0 Å². The summed E-state index contributed by atoms with van der Waals surface area (Å²) in [6.45, 7) is 9.18. The van der Waals surface area contributed by atoms with E-state index >= 15 is 0 Å². The first-order chi connectivity index (χ1) is 8.69. The van der Waals surface area contributed by atoms with Crippen molar-refractivity contribution in [3.05, 3.63) is 28.2 Å². The van der Waals surface area contributed by atoms with Crippen LogP contribution < -0.4 is 10.1 Å².